The minimum atomic E-state index is -0.626. The van der Waals surface area contributed by atoms with Gasteiger partial charge in [-0.3, -0.25) is 4.21 Å². The molecule has 1 fully saturated rings. The van der Waals surface area contributed by atoms with Gasteiger partial charge in [-0.1, -0.05) is 6.92 Å². The second-order valence-corrected chi connectivity index (χ2v) is 5.28. The quantitative estimate of drug-likeness (QED) is 0.687. The first kappa shape index (κ1) is 11.1. The normalized spacial score (nSPS) is 29.7. The fourth-order valence-electron chi connectivity index (χ4n) is 1.45. The third-order valence-electron chi connectivity index (χ3n) is 2.51. The Bertz CT molecular complexity index is 169. The predicted octanol–water partition coefficient (Wildman–Crippen LogP) is 0.522. The molecular formula is C9H19NO2S. The van der Waals surface area contributed by atoms with E-state index in [1.807, 2.05) is 6.92 Å². The summed E-state index contributed by atoms with van der Waals surface area (Å²) in [6, 6.07) is 0.596. The van der Waals surface area contributed by atoms with Gasteiger partial charge in [0, 0.05) is 42.0 Å². The Morgan fingerprint density at radius 2 is 2.23 bits per heavy atom. The van der Waals surface area contributed by atoms with Crippen LogP contribution in [0.2, 0.25) is 0 Å². The van der Waals surface area contributed by atoms with Crippen LogP contribution >= 0.6 is 0 Å². The van der Waals surface area contributed by atoms with E-state index in [-0.39, 0.29) is 0 Å². The van der Waals surface area contributed by atoms with Crippen molar-refractivity contribution in [1.29, 1.82) is 0 Å². The van der Waals surface area contributed by atoms with Crippen molar-refractivity contribution < 1.29 is 8.95 Å². The van der Waals surface area contributed by atoms with Gasteiger partial charge >= 0.3 is 0 Å². The summed E-state index contributed by atoms with van der Waals surface area (Å²) in [5, 5.41) is 3.38. The second-order valence-electron chi connectivity index (χ2n) is 3.41. The summed E-state index contributed by atoms with van der Waals surface area (Å²) in [5.74, 6) is 1.55. The zero-order chi connectivity index (χ0) is 9.68. The van der Waals surface area contributed by atoms with Crippen LogP contribution in [0.1, 0.15) is 19.8 Å². The van der Waals surface area contributed by atoms with Gasteiger partial charge in [-0.2, -0.15) is 0 Å². The van der Waals surface area contributed by atoms with E-state index >= 15 is 0 Å². The predicted molar refractivity (Wildman–Crippen MR) is 55.4 cm³/mol. The molecule has 1 N–H and O–H groups in total. The number of nitrogens with one attached hydrogen (secondary N) is 1. The first-order valence-corrected chi connectivity index (χ1v) is 6.36. The Morgan fingerprint density at radius 3 is 2.77 bits per heavy atom. The highest BCUT2D eigenvalue weighted by Gasteiger charge is 2.27. The van der Waals surface area contributed by atoms with Crippen molar-refractivity contribution >= 4 is 10.8 Å². The maximum Gasteiger partial charge on any atom is 0.0601 e. The maximum absolute atomic E-state index is 11.1. The van der Waals surface area contributed by atoms with Crippen molar-refractivity contribution in [2.45, 2.75) is 31.9 Å². The second kappa shape index (κ2) is 5.73. The van der Waals surface area contributed by atoms with Crippen LogP contribution in [-0.4, -0.2) is 41.5 Å². The summed E-state index contributed by atoms with van der Waals surface area (Å²) < 4.78 is 16.2. The highest BCUT2D eigenvalue weighted by atomic mass is 32.2. The highest BCUT2D eigenvalue weighted by molar-refractivity contribution is 7.84. The summed E-state index contributed by atoms with van der Waals surface area (Å²) in [6.07, 6.45) is 2.67. The molecule has 0 heterocycles. The zero-order valence-electron chi connectivity index (χ0n) is 8.41. The zero-order valence-corrected chi connectivity index (χ0v) is 9.23. The number of methoxy groups -OCH3 is 1. The Labute approximate surface area is 82.7 Å². The standard InChI is InChI=1S/C9H19NO2S/c1-3-13(11)5-4-10-8-6-9(7-8)12-2/h8-10H,3-7H2,1-2H3. The average Bonchev–Trinajstić information content (AvgIpc) is 2.08. The molecule has 0 aromatic rings. The maximum atomic E-state index is 11.1. The van der Waals surface area contributed by atoms with Crippen LogP contribution in [-0.2, 0) is 15.5 Å². The molecule has 3 nitrogen and oxygen atoms in total. The lowest BCUT2D eigenvalue weighted by Crippen LogP contribution is -2.46. The molecule has 1 atom stereocenters. The number of hydrogen-bond acceptors (Lipinski definition) is 3. The molecule has 0 aliphatic heterocycles. The Kier molecular flexibility index (Phi) is 4.91. The van der Waals surface area contributed by atoms with E-state index in [0.29, 0.717) is 12.1 Å². The minimum absolute atomic E-state index is 0.453. The lowest BCUT2D eigenvalue weighted by molar-refractivity contribution is 0.0181. The van der Waals surface area contributed by atoms with Gasteiger partial charge in [0.25, 0.3) is 0 Å². The third-order valence-corrected chi connectivity index (χ3v) is 3.82. The van der Waals surface area contributed by atoms with Gasteiger partial charge in [0.15, 0.2) is 0 Å². The Morgan fingerprint density at radius 1 is 1.54 bits per heavy atom. The van der Waals surface area contributed by atoms with Crippen LogP contribution in [0, 0.1) is 0 Å². The molecule has 0 bridgehead atoms. The molecule has 0 amide bonds. The van der Waals surface area contributed by atoms with Crippen LogP contribution < -0.4 is 5.32 Å². The summed E-state index contributed by atoms with van der Waals surface area (Å²) >= 11 is 0. The van der Waals surface area contributed by atoms with Gasteiger partial charge in [-0.15, -0.1) is 0 Å². The molecule has 1 saturated carbocycles. The SMILES string of the molecule is CCS(=O)CCNC1CC(OC)C1. The summed E-state index contributed by atoms with van der Waals surface area (Å²) in [7, 11) is 1.13. The summed E-state index contributed by atoms with van der Waals surface area (Å²) in [5.41, 5.74) is 0. The monoisotopic (exact) mass is 205 g/mol. The van der Waals surface area contributed by atoms with Crippen LogP contribution in [0.25, 0.3) is 0 Å². The molecule has 1 unspecified atom stereocenters. The average molecular weight is 205 g/mol. The van der Waals surface area contributed by atoms with E-state index in [9.17, 15) is 4.21 Å². The lowest BCUT2D eigenvalue weighted by atomic mass is 9.89. The smallest absolute Gasteiger partial charge is 0.0601 e. The van der Waals surface area contributed by atoms with E-state index in [4.69, 9.17) is 4.74 Å². The molecule has 1 rings (SSSR count). The van der Waals surface area contributed by atoms with Gasteiger partial charge in [-0.05, 0) is 12.8 Å². The highest BCUT2D eigenvalue weighted by Crippen LogP contribution is 2.21. The molecule has 0 aromatic carbocycles. The first-order valence-electron chi connectivity index (χ1n) is 4.87. The lowest BCUT2D eigenvalue weighted by Gasteiger charge is -2.34. The van der Waals surface area contributed by atoms with Crippen LogP contribution in [0.5, 0.6) is 0 Å². The Balaban J connectivity index is 1.93. The van der Waals surface area contributed by atoms with Gasteiger partial charge in [0.1, 0.15) is 0 Å². The topological polar surface area (TPSA) is 38.3 Å². The van der Waals surface area contributed by atoms with Gasteiger partial charge in [0.2, 0.25) is 0 Å². The molecule has 0 aromatic heterocycles. The van der Waals surface area contributed by atoms with Crippen molar-refractivity contribution in [2.24, 2.45) is 0 Å². The summed E-state index contributed by atoms with van der Waals surface area (Å²) in [6.45, 7) is 2.84. The molecule has 4 heteroatoms. The van der Waals surface area contributed by atoms with Crippen molar-refractivity contribution in [3.05, 3.63) is 0 Å². The largest absolute Gasteiger partial charge is 0.381 e. The summed E-state index contributed by atoms with van der Waals surface area (Å²) in [4.78, 5) is 0. The van der Waals surface area contributed by atoms with Crippen LogP contribution in [0.15, 0.2) is 0 Å². The van der Waals surface area contributed by atoms with E-state index < -0.39 is 10.8 Å². The minimum Gasteiger partial charge on any atom is -0.381 e. The molecule has 13 heavy (non-hydrogen) atoms. The fourth-order valence-corrected chi connectivity index (χ4v) is 2.08. The van der Waals surface area contributed by atoms with Crippen LogP contribution in [0.3, 0.4) is 0 Å². The molecule has 1 aliphatic rings. The molecule has 1 aliphatic carbocycles. The van der Waals surface area contributed by atoms with E-state index in [0.717, 1.165) is 30.9 Å². The van der Waals surface area contributed by atoms with Gasteiger partial charge in [-0.25, -0.2) is 0 Å². The molecule has 0 saturated heterocycles. The van der Waals surface area contributed by atoms with E-state index in [1.165, 1.54) is 0 Å². The van der Waals surface area contributed by atoms with Gasteiger partial charge in [0.05, 0.1) is 6.10 Å². The van der Waals surface area contributed by atoms with Crippen molar-refractivity contribution in [2.75, 3.05) is 25.2 Å². The van der Waals surface area contributed by atoms with Crippen molar-refractivity contribution in [3.8, 4) is 0 Å². The van der Waals surface area contributed by atoms with E-state index in [2.05, 4.69) is 5.32 Å². The Hall–Kier alpha value is 0.0700. The molecule has 78 valence electrons. The third kappa shape index (κ3) is 3.75. The fraction of sp³-hybridized carbons (Fsp3) is 1.00. The van der Waals surface area contributed by atoms with Gasteiger partial charge < -0.3 is 10.1 Å². The number of rotatable bonds is 6. The number of hydrogen-bond donors (Lipinski definition) is 1. The van der Waals surface area contributed by atoms with Crippen molar-refractivity contribution in [3.63, 3.8) is 0 Å². The molecule has 0 spiro atoms. The van der Waals surface area contributed by atoms with Crippen molar-refractivity contribution in [1.82, 2.24) is 5.32 Å². The number of ether oxygens (including phenoxy) is 1. The van der Waals surface area contributed by atoms with E-state index in [1.54, 1.807) is 7.11 Å². The molecule has 0 radical (unpaired) electrons. The molecular weight excluding hydrogens is 186 g/mol. The first-order chi connectivity index (χ1) is 6.26. The van der Waals surface area contributed by atoms with Crippen LogP contribution in [0.4, 0.5) is 0 Å².